The summed E-state index contributed by atoms with van der Waals surface area (Å²) < 4.78 is 13.1. The maximum Gasteiger partial charge on any atom is 0.173 e. The summed E-state index contributed by atoms with van der Waals surface area (Å²) in [5, 5.41) is 12.9. The highest BCUT2D eigenvalue weighted by molar-refractivity contribution is 5.49. The molecule has 32 heavy (non-hydrogen) atoms. The van der Waals surface area contributed by atoms with E-state index in [1.165, 1.54) is 11.3 Å². The second kappa shape index (κ2) is 9.67. The number of ether oxygens (including phenoxy) is 2. The van der Waals surface area contributed by atoms with E-state index in [0.717, 1.165) is 57.2 Å². The van der Waals surface area contributed by atoms with Gasteiger partial charge in [-0.3, -0.25) is 4.90 Å². The molecule has 2 aromatic carbocycles. The van der Waals surface area contributed by atoms with E-state index in [4.69, 9.17) is 9.47 Å². The van der Waals surface area contributed by atoms with E-state index in [1.54, 1.807) is 7.11 Å². The van der Waals surface area contributed by atoms with Crippen LogP contribution in [-0.4, -0.2) is 71.1 Å². The monoisotopic (exact) mass is 434 g/mol. The summed E-state index contributed by atoms with van der Waals surface area (Å²) in [6.45, 7) is 5.29. The molecule has 2 saturated heterocycles. The second-order valence-corrected chi connectivity index (χ2v) is 8.39. The number of benzene rings is 2. The molecular formula is C24H30N6O2. The highest BCUT2D eigenvalue weighted by Gasteiger charge is 2.31. The van der Waals surface area contributed by atoms with Gasteiger partial charge in [0.15, 0.2) is 5.82 Å². The van der Waals surface area contributed by atoms with E-state index in [2.05, 4.69) is 67.8 Å². The first-order valence-electron chi connectivity index (χ1n) is 11.4. The van der Waals surface area contributed by atoms with Crippen molar-refractivity contribution in [1.82, 2.24) is 25.1 Å². The first-order chi connectivity index (χ1) is 15.8. The number of hydrogen-bond donors (Lipinski definition) is 0. The van der Waals surface area contributed by atoms with Gasteiger partial charge in [-0.1, -0.05) is 30.3 Å². The van der Waals surface area contributed by atoms with Crippen LogP contribution in [0.4, 0.5) is 5.69 Å². The van der Waals surface area contributed by atoms with Gasteiger partial charge in [-0.2, -0.15) is 0 Å². The standard InChI is InChI=1S/C24H30N6O2/c1-31-21-11-9-20(10-12-21)28-13-15-29(16-14-28)23(19-6-3-2-4-7-19)24-25-26-27-30(24)18-22-8-5-17-32-22/h2-4,6-7,9-12,22-23H,5,8,13-18H2,1H3/t22-,23-/m1/s1. The van der Waals surface area contributed by atoms with Gasteiger partial charge in [0, 0.05) is 38.5 Å². The number of hydrogen-bond acceptors (Lipinski definition) is 7. The molecule has 8 heteroatoms. The molecule has 2 fully saturated rings. The van der Waals surface area contributed by atoms with E-state index in [0.29, 0.717) is 6.54 Å². The summed E-state index contributed by atoms with van der Waals surface area (Å²) in [6, 6.07) is 18.9. The minimum absolute atomic E-state index is 0.0191. The Morgan fingerprint density at radius 1 is 1.03 bits per heavy atom. The van der Waals surface area contributed by atoms with Crippen molar-refractivity contribution in [2.75, 3.05) is 44.8 Å². The van der Waals surface area contributed by atoms with Crippen molar-refractivity contribution in [3.05, 3.63) is 66.0 Å². The van der Waals surface area contributed by atoms with Gasteiger partial charge in [0.25, 0.3) is 0 Å². The van der Waals surface area contributed by atoms with Crippen LogP contribution in [0.5, 0.6) is 5.75 Å². The number of rotatable bonds is 7. The normalized spacial score (nSPS) is 20.4. The lowest BCUT2D eigenvalue weighted by Gasteiger charge is -2.40. The van der Waals surface area contributed by atoms with Gasteiger partial charge in [-0.25, -0.2) is 4.68 Å². The molecule has 0 radical (unpaired) electrons. The van der Waals surface area contributed by atoms with Gasteiger partial charge in [0.05, 0.1) is 25.8 Å². The van der Waals surface area contributed by atoms with Crippen LogP contribution < -0.4 is 9.64 Å². The Hall–Kier alpha value is -2.97. The average Bonchev–Trinajstić information content (AvgIpc) is 3.54. The number of tetrazole rings is 1. The second-order valence-electron chi connectivity index (χ2n) is 8.39. The molecule has 5 rings (SSSR count). The molecule has 0 N–H and O–H groups in total. The molecular weight excluding hydrogens is 404 g/mol. The number of methoxy groups -OCH3 is 1. The Morgan fingerprint density at radius 3 is 2.50 bits per heavy atom. The summed E-state index contributed by atoms with van der Waals surface area (Å²) in [4.78, 5) is 4.92. The predicted octanol–water partition coefficient (Wildman–Crippen LogP) is 2.77. The van der Waals surface area contributed by atoms with Crippen LogP contribution >= 0.6 is 0 Å². The van der Waals surface area contributed by atoms with Crippen molar-refractivity contribution in [2.24, 2.45) is 0 Å². The van der Waals surface area contributed by atoms with Gasteiger partial charge in [0.2, 0.25) is 0 Å². The smallest absolute Gasteiger partial charge is 0.173 e. The third kappa shape index (κ3) is 4.47. The molecule has 0 amide bonds. The summed E-state index contributed by atoms with van der Waals surface area (Å²) in [6.07, 6.45) is 2.37. The molecule has 0 aliphatic carbocycles. The van der Waals surface area contributed by atoms with Crippen molar-refractivity contribution in [3.8, 4) is 5.75 Å². The van der Waals surface area contributed by atoms with E-state index in [9.17, 15) is 0 Å². The Labute approximate surface area is 188 Å². The van der Waals surface area contributed by atoms with Crippen molar-refractivity contribution < 1.29 is 9.47 Å². The fraction of sp³-hybridized carbons (Fsp3) is 0.458. The Bertz CT molecular complexity index is 979. The summed E-state index contributed by atoms with van der Waals surface area (Å²) in [7, 11) is 1.70. The van der Waals surface area contributed by atoms with Crippen LogP contribution in [0.25, 0.3) is 0 Å². The number of anilines is 1. The molecule has 0 saturated carbocycles. The molecule has 2 atom stereocenters. The molecule has 2 aliphatic heterocycles. The van der Waals surface area contributed by atoms with Crippen LogP contribution in [-0.2, 0) is 11.3 Å². The quantitative estimate of drug-likeness (QED) is 0.566. The molecule has 0 bridgehead atoms. The minimum atomic E-state index is 0.0191. The molecule has 2 aliphatic rings. The van der Waals surface area contributed by atoms with E-state index < -0.39 is 0 Å². The molecule has 3 heterocycles. The van der Waals surface area contributed by atoms with Crippen LogP contribution in [0.2, 0.25) is 0 Å². The zero-order valence-corrected chi connectivity index (χ0v) is 18.5. The highest BCUT2D eigenvalue weighted by atomic mass is 16.5. The summed E-state index contributed by atoms with van der Waals surface area (Å²) >= 11 is 0. The average molecular weight is 435 g/mol. The Kier molecular flexibility index (Phi) is 6.31. The number of piperazine rings is 1. The third-order valence-corrected chi connectivity index (χ3v) is 6.44. The summed E-state index contributed by atoms with van der Waals surface area (Å²) in [5.74, 6) is 1.78. The number of aromatic nitrogens is 4. The van der Waals surface area contributed by atoms with Crippen molar-refractivity contribution in [2.45, 2.75) is 31.5 Å². The maximum atomic E-state index is 5.85. The van der Waals surface area contributed by atoms with Gasteiger partial charge in [-0.05, 0) is 53.1 Å². The van der Waals surface area contributed by atoms with Crippen LogP contribution in [0.3, 0.4) is 0 Å². The van der Waals surface area contributed by atoms with E-state index in [1.807, 2.05) is 16.8 Å². The lowest BCUT2D eigenvalue weighted by Crippen LogP contribution is -2.48. The fourth-order valence-corrected chi connectivity index (χ4v) is 4.71. The molecule has 0 spiro atoms. The third-order valence-electron chi connectivity index (χ3n) is 6.44. The zero-order valence-electron chi connectivity index (χ0n) is 18.5. The lowest BCUT2D eigenvalue weighted by atomic mass is 10.0. The van der Waals surface area contributed by atoms with E-state index >= 15 is 0 Å². The predicted molar refractivity (Wildman–Crippen MR) is 122 cm³/mol. The summed E-state index contributed by atoms with van der Waals surface area (Å²) in [5.41, 5.74) is 2.44. The van der Waals surface area contributed by atoms with Crippen molar-refractivity contribution in [1.29, 1.82) is 0 Å². The first kappa shape index (κ1) is 20.9. The zero-order chi connectivity index (χ0) is 21.8. The first-order valence-corrected chi connectivity index (χ1v) is 11.4. The van der Waals surface area contributed by atoms with Crippen molar-refractivity contribution in [3.63, 3.8) is 0 Å². The van der Waals surface area contributed by atoms with Crippen LogP contribution in [0.15, 0.2) is 54.6 Å². The lowest BCUT2D eigenvalue weighted by molar-refractivity contribution is 0.0906. The number of nitrogens with zero attached hydrogens (tertiary/aromatic N) is 6. The van der Waals surface area contributed by atoms with Gasteiger partial charge in [-0.15, -0.1) is 5.10 Å². The van der Waals surface area contributed by atoms with Gasteiger partial charge >= 0.3 is 0 Å². The van der Waals surface area contributed by atoms with Gasteiger partial charge < -0.3 is 14.4 Å². The molecule has 8 nitrogen and oxygen atoms in total. The molecule has 3 aromatic rings. The van der Waals surface area contributed by atoms with E-state index in [-0.39, 0.29) is 12.1 Å². The maximum absolute atomic E-state index is 5.85. The topological polar surface area (TPSA) is 68.5 Å². The fourth-order valence-electron chi connectivity index (χ4n) is 4.71. The van der Waals surface area contributed by atoms with Gasteiger partial charge in [0.1, 0.15) is 5.75 Å². The highest BCUT2D eigenvalue weighted by Crippen LogP contribution is 2.30. The molecule has 168 valence electrons. The van der Waals surface area contributed by atoms with Crippen molar-refractivity contribution >= 4 is 5.69 Å². The largest absolute Gasteiger partial charge is 0.497 e. The Morgan fingerprint density at radius 2 is 1.81 bits per heavy atom. The molecule has 0 unspecified atom stereocenters. The minimum Gasteiger partial charge on any atom is -0.497 e. The van der Waals surface area contributed by atoms with Crippen LogP contribution in [0, 0.1) is 0 Å². The molecule has 1 aromatic heterocycles. The van der Waals surface area contributed by atoms with Crippen LogP contribution in [0.1, 0.15) is 30.3 Å². The SMILES string of the molecule is COc1ccc(N2CCN([C@H](c3ccccc3)c3nnnn3C[C@H]3CCCO3)CC2)cc1. The Balaban J connectivity index is 1.35.